The molecule has 2 heterocycles. The molecule has 0 unspecified atom stereocenters. The molecule has 0 radical (unpaired) electrons. The lowest BCUT2D eigenvalue weighted by molar-refractivity contribution is 0.102. The number of anilines is 1. The summed E-state index contributed by atoms with van der Waals surface area (Å²) in [5, 5.41) is 9.14. The standard InChI is InChI=1S/C15H10F2N4O/c16-10-1-2-11(12(17)7-10)15(22)19-14-8-13(20-21-14)9-3-5-18-6-4-9/h1-8H,(H2,19,20,21,22). The number of carbonyl (C=O) groups is 1. The number of pyridine rings is 1. The molecule has 0 aliphatic rings. The Morgan fingerprint density at radius 1 is 1.09 bits per heavy atom. The molecule has 3 rings (SSSR count). The van der Waals surface area contributed by atoms with Gasteiger partial charge in [0.2, 0.25) is 0 Å². The summed E-state index contributed by atoms with van der Waals surface area (Å²) in [6.07, 6.45) is 3.25. The maximum atomic E-state index is 13.5. The number of nitrogens with zero attached hydrogens (tertiary/aromatic N) is 2. The van der Waals surface area contributed by atoms with Gasteiger partial charge in [-0.3, -0.25) is 14.9 Å². The van der Waals surface area contributed by atoms with E-state index in [9.17, 15) is 13.6 Å². The third-order valence-corrected chi connectivity index (χ3v) is 2.99. The van der Waals surface area contributed by atoms with Gasteiger partial charge in [0, 0.05) is 30.1 Å². The fourth-order valence-corrected chi connectivity index (χ4v) is 1.92. The van der Waals surface area contributed by atoms with Crippen molar-refractivity contribution in [3.63, 3.8) is 0 Å². The minimum absolute atomic E-state index is 0.237. The van der Waals surface area contributed by atoms with Gasteiger partial charge in [-0.1, -0.05) is 0 Å². The Kier molecular flexibility index (Phi) is 3.61. The third kappa shape index (κ3) is 2.83. The Bertz CT molecular complexity index is 817. The minimum atomic E-state index is -0.928. The van der Waals surface area contributed by atoms with Crippen molar-refractivity contribution in [2.45, 2.75) is 0 Å². The summed E-state index contributed by atoms with van der Waals surface area (Å²) in [4.78, 5) is 15.9. The molecule has 1 aromatic carbocycles. The molecule has 0 saturated heterocycles. The van der Waals surface area contributed by atoms with Crippen LogP contribution in [0.25, 0.3) is 11.3 Å². The lowest BCUT2D eigenvalue weighted by Gasteiger charge is -2.03. The highest BCUT2D eigenvalue weighted by Crippen LogP contribution is 2.19. The summed E-state index contributed by atoms with van der Waals surface area (Å²) in [5.74, 6) is -2.14. The predicted octanol–water partition coefficient (Wildman–Crippen LogP) is 3.00. The second-order valence-corrected chi connectivity index (χ2v) is 4.48. The average Bonchev–Trinajstić information content (AvgIpc) is 2.96. The molecule has 0 aliphatic carbocycles. The zero-order valence-electron chi connectivity index (χ0n) is 11.2. The van der Waals surface area contributed by atoms with Crippen LogP contribution in [0.15, 0.2) is 48.8 Å². The molecule has 1 amide bonds. The van der Waals surface area contributed by atoms with Gasteiger partial charge in [-0.05, 0) is 24.3 Å². The molecule has 0 atom stereocenters. The smallest absolute Gasteiger partial charge is 0.259 e. The number of amides is 1. The van der Waals surface area contributed by atoms with Gasteiger partial charge in [0.1, 0.15) is 11.6 Å². The summed E-state index contributed by atoms with van der Waals surface area (Å²) in [6.45, 7) is 0. The summed E-state index contributed by atoms with van der Waals surface area (Å²) in [7, 11) is 0. The fraction of sp³-hybridized carbons (Fsp3) is 0. The van der Waals surface area contributed by atoms with Crippen molar-refractivity contribution in [2.75, 3.05) is 5.32 Å². The van der Waals surface area contributed by atoms with Gasteiger partial charge in [-0.25, -0.2) is 8.78 Å². The van der Waals surface area contributed by atoms with E-state index in [0.717, 1.165) is 17.7 Å². The quantitative estimate of drug-likeness (QED) is 0.781. The van der Waals surface area contributed by atoms with Gasteiger partial charge in [0.15, 0.2) is 5.82 Å². The van der Waals surface area contributed by atoms with Crippen molar-refractivity contribution in [2.24, 2.45) is 0 Å². The van der Waals surface area contributed by atoms with E-state index in [1.165, 1.54) is 0 Å². The average molecular weight is 300 g/mol. The Morgan fingerprint density at radius 2 is 1.86 bits per heavy atom. The van der Waals surface area contributed by atoms with Crippen LogP contribution in [0.2, 0.25) is 0 Å². The number of rotatable bonds is 3. The number of carbonyl (C=O) groups excluding carboxylic acids is 1. The maximum Gasteiger partial charge on any atom is 0.259 e. The van der Waals surface area contributed by atoms with Gasteiger partial charge in [0.25, 0.3) is 5.91 Å². The van der Waals surface area contributed by atoms with Crippen LogP contribution in [0.5, 0.6) is 0 Å². The molecule has 0 saturated carbocycles. The Morgan fingerprint density at radius 3 is 2.59 bits per heavy atom. The molecule has 0 spiro atoms. The molecule has 5 nitrogen and oxygen atoms in total. The first-order valence-electron chi connectivity index (χ1n) is 6.36. The van der Waals surface area contributed by atoms with Crippen molar-refractivity contribution >= 4 is 11.7 Å². The number of halogens is 2. The zero-order chi connectivity index (χ0) is 15.5. The van der Waals surface area contributed by atoms with E-state index in [4.69, 9.17) is 0 Å². The van der Waals surface area contributed by atoms with E-state index < -0.39 is 17.5 Å². The van der Waals surface area contributed by atoms with E-state index >= 15 is 0 Å². The van der Waals surface area contributed by atoms with Crippen molar-refractivity contribution in [1.29, 1.82) is 0 Å². The van der Waals surface area contributed by atoms with Gasteiger partial charge in [0.05, 0.1) is 11.3 Å². The van der Waals surface area contributed by atoms with Crippen molar-refractivity contribution in [3.05, 3.63) is 66.0 Å². The Hall–Kier alpha value is -3.09. The molecular weight excluding hydrogens is 290 g/mol. The summed E-state index contributed by atoms with van der Waals surface area (Å²) in [5.41, 5.74) is 1.27. The number of aromatic amines is 1. The van der Waals surface area contributed by atoms with Crippen LogP contribution in [0.3, 0.4) is 0 Å². The summed E-state index contributed by atoms with van der Waals surface area (Å²) >= 11 is 0. The van der Waals surface area contributed by atoms with Crippen LogP contribution < -0.4 is 5.32 Å². The normalized spacial score (nSPS) is 10.5. The first kappa shape index (κ1) is 13.9. The highest BCUT2D eigenvalue weighted by Gasteiger charge is 2.14. The van der Waals surface area contributed by atoms with E-state index in [2.05, 4.69) is 20.5 Å². The van der Waals surface area contributed by atoms with E-state index in [1.54, 1.807) is 30.6 Å². The first-order chi connectivity index (χ1) is 10.6. The first-order valence-corrected chi connectivity index (χ1v) is 6.36. The molecule has 7 heteroatoms. The number of benzene rings is 1. The lowest BCUT2D eigenvalue weighted by Crippen LogP contribution is -2.14. The monoisotopic (exact) mass is 300 g/mol. The number of H-pyrrole nitrogens is 1. The molecule has 3 aromatic rings. The van der Waals surface area contributed by atoms with Crippen LogP contribution >= 0.6 is 0 Å². The summed E-state index contributed by atoms with van der Waals surface area (Å²) < 4.78 is 26.4. The number of aromatic nitrogens is 3. The largest absolute Gasteiger partial charge is 0.305 e. The van der Waals surface area contributed by atoms with Gasteiger partial charge in [-0.15, -0.1) is 0 Å². The second kappa shape index (κ2) is 5.72. The second-order valence-electron chi connectivity index (χ2n) is 4.48. The third-order valence-electron chi connectivity index (χ3n) is 2.99. The van der Waals surface area contributed by atoms with Crippen LogP contribution in [0.4, 0.5) is 14.6 Å². The van der Waals surface area contributed by atoms with Crippen LogP contribution in [0.1, 0.15) is 10.4 Å². The highest BCUT2D eigenvalue weighted by atomic mass is 19.1. The molecule has 2 aromatic heterocycles. The molecular formula is C15H10F2N4O. The molecule has 0 bridgehead atoms. The Balaban J connectivity index is 1.79. The van der Waals surface area contributed by atoms with Crippen LogP contribution in [0, 0.1) is 11.6 Å². The number of hydrogen-bond acceptors (Lipinski definition) is 3. The number of hydrogen-bond donors (Lipinski definition) is 2. The van der Waals surface area contributed by atoms with E-state index in [0.29, 0.717) is 11.8 Å². The zero-order valence-corrected chi connectivity index (χ0v) is 11.2. The molecule has 0 aliphatic heterocycles. The van der Waals surface area contributed by atoms with Crippen LogP contribution in [-0.2, 0) is 0 Å². The fourth-order valence-electron chi connectivity index (χ4n) is 1.92. The van der Waals surface area contributed by atoms with Gasteiger partial charge in [-0.2, -0.15) is 5.10 Å². The molecule has 2 N–H and O–H groups in total. The van der Waals surface area contributed by atoms with E-state index in [-0.39, 0.29) is 11.4 Å². The predicted molar refractivity (Wildman–Crippen MR) is 76.1 cm³/mol. The maximum absolute atomic E-state index is 13.5. The molecule has 110 valence electrons. The van der Waals surface area contributed by atoms with Crippen molar-refractivity contribution < 1.29 is 13.6 Å². The van der Waals surface area contributed by atoms with Gasteiger partial charge >= 0.3 is 0 Å². The molecule has 22 heavy (non-hydrogen) atoms. The van der Waals surface area contributed by atoms with Crippen molar-refractivity contribution in [3.8, 4) is 11.3 Å². The lowest BCUT2D eigenvalue weighted by atomic mass is 10.2. The van der Waals surface area contributed by atoms with E-state index in [1.807, 2.05) is 0 Å². The molecule has 0 fully saturated rings. The summed E-state index contributed by atoms with van der Waals surface area (Å²) in [6, 6.07) is 7.91. The van der Waals surface area contributed by atoms with Gasteiger partial charge < -0.3 is 5.32 Å². The van der Waals surface area contributed by atoms with Crippen LogP contribution in [-0.4, -0.2) is 21.1 Å². The SMILES string of the molecule is O=C(Nc1cc(-c2ccncc2)[nH]n1)c1ccc(F)cc1F. The highest BCUT2D eigenvalue weighted by molar-refractivity contribution is 6.04. The Labute approximate surface area is 124 Å². The minimum Gasteiger partial charge on any atom is -0.305 e. The topological polar surface area (TPSA) is 70.7 Å². The number of nitrogens with one attached hydrogen (secondary N) is 2. The van der Waals surface area contributed by atoms with Crippen molar-refractivity contribution in [1.82, 2.24) is 15.2 Å².